The first-order chi connectivity index (χ1) is 12.7. The number of para-hydroxylation sites is 1. The Balaban J connectivity index is 2.33. The van der Waals surface area contributed by atoms with Crippen molar-refractivity contribution in [1.29, 1.82) is 0 Å². The highest BCUT2D eigenvalue weighted by atomic mass is 16.7. The second-order valence-electron chi connectivity index (χ2n) is 5.79. The summed E-state index contributed by atoms with van der Waals surface area (Å²) in [5, 5.41) is 0. The number of carbonyl (C=O) groups is 1. The van der Waals surface area contributed by atoms with Gasteiger partial charge < -0.3 is 19.9 Å². The predicted octanol–water partition coefficient (Wildman–Crippen LogP) is 3.28. The van der Waals surface area contributed by atoms with E-state index in [-0.39, 0.29) is 18.8 Å². The van der Waals surface area contributed by atoms with Gasteiger partial charge in [0, 0.05) is 19.1 Å². The lowest BCUT2D eigenvalue weighted by atomic mass is 9.91. The highest BCUT2D eigenvalue weighted by Crippen LogP contribution is 2.31. The van der Waals surface area contributed by atoms with Crippen molar-refractivity contribution in [1.82, 2.24) is 0 Å². The van der Waals surface area contributed by atoms with Crippen LogP contribution in [0, 0.1) is 0 Å². The van der Waals surface area contributed by atoms with E-state index in [2.05, 4.69) is 12.1 Å². The maximum absolute atomic E-state index is 11.6. The van der Waals surface area contributed by atoms with Gasteiger partial charge in [0.1, 0.15) is 5.75 Å². The van der Waals surface area contributed by atoms with Crippen molar-refractivity contribution in [3.63, 3.8) is 0 Å². The molecule has 0 heterocycles. The Labute approximate surface area is 155 Å². The molecule has 5 nitrogen and oxygen atoms in total. The van der Waals surface area contributed by atoms with Gasteiger partial charge in [-0.25, -0.2) is 0 Å². The average molecular weight is 357 g/mol. The van der Waals surface area contributed by atoms with Gasteiger partial charge in [-0.1, -0.05) is 48.5 Å². The third kappa shape index (κ3) is 5.66. The molecule has 0 aromatic heterocycles. The van der Waals surface area contributed by atoms with Gasteiger partial charge in [-0.3, -0.25) is 4.79 Å². The standard InChI is InChI=1S/C21H27NO4/c1-3-24-21(25-4-2)18(16-10-6-5-7-11-16)14-17-12-8-9-13-19(17)26-20(23)15-22/h5-13,18,21H,3-4,14-15,22H2,1-2H3. The van der Waals surface area contributed by atoms with E-state index >= 15 is 0 Å². The molecule has 1 atom stereocenters. The summed E-state index contributed by atoms with van der Waals surface area (Å²) in [6.45, 7) is 4.85. The van der Waals surface area contributed by atoms with Gasteiger partial charge in [-0.15, -0.1) is 0 Å². The number of hydrogen-bond acceptors (Lipinski definition) is 5. The monoisotopic (exact) mass is 357 g/mol. The SMILES string of the molecule is CCOC(OCC)C(Cc1ccccc1OC(=O)CN)c1ccccc1. The molecule has 2 N–H and O–H groups in total. The van der Waals surface area contributed by atoms with Crippen LogP contribution in [-0.2, 0) is 20.7 Å². The summed E-state index contributed by atoms with van der Waals surface area (Å²) in [4.78, 5) is 11.6. The third-order valence-corrected chi connectivity index (χ3v) is 4.02. The zero-order valence-corrected chi connectivity index (χ0v) is 15.4. The second kappa shape index (κ2) is 10.7. The number of benzene rings is 2. The van der Waals surface area contributed by atoms with Crippen molar-refractivity contribution in [2.45, 2.75) is 32.5 Å². The Morgan fingerprint density at radius 3 is 2.19 bits per heavy atom. The molecule has 2 rings (SSSR count). The van der Waals surface area contributed by atoms with Crippen LogP contribution in [0.25, 0.3) is 0 Å². The molecule has 1 unspecified atom stereocenters. The molecule has 0 fully saturated rings. The summed E-state index contributed by atoms with van der Waals surface area (Å²) in [6, 6.07) is 17.6. The van der Waals surface area contributed by atoms with Crippen LogP contribution in [0.1, 0.15) is 30.9 Å². The highest BCUT2D eigenvalue weighted by Gasteiger charge is 2.26. The first kappa shape index (κ1) is 20.1. The summed E-state index contributed by atoms with van der Waals surface area (Å²) in [6.07, 6.45) is 0.230. The summed E-state index contributed by atoms with van der Waals surface area (Å²) < 4.78 is 17.1. The minimum absolute atomic E-state index is 0.0335. The number of hydrogen-bond donors (Lipinski definition) is 1. The molecule has 2 aromatic carbocycles. The Kier molecular flexibility index (Phi) is 8.28. The van der Waals surface area contributed by atoms with Crippen molar-refractivity contribution in [2.24, 2.45) is 5.73 Å². The quantitative estimate of drug-likeness (QED) is 0.401. The lowest BCUT2D eigenvalue weighted by Gasteiger charge is -2.28. The van der Waals surface area contributed by atoms with Crippen LogP contribution in [0.15, 0.2) is 54.6 Å². The molecule has 26 heavy (non-hydrogen) atoms. The van der Waals surface area contributed by atoms with E-state index in [0.29, 0.717) is 25.4 Å². The van der Waals surface area contributed by atoms with E-state index < -0.39 is 5.97 Å². The molecule has 0 amide bonds. The summed E-state index contributed by atoms with van der Waals surface area (Å²) >= 11 is 0. The Morgan fingerprint density at radius 1 is 0.962 bits per heavy atom. The summed E-state index contributed by atoms with van der Waals surface area (Å²) in [5.41, 5.74) is 7.40. The Morgan fingerprint density at radius 2 is 1.58 bits per heavy atom. The molecule has 0 radical (unpaired) electrons. The largest absolute Gasteiger partial charge is 0.425 e. The number of rotatable bonds is 10. The first-order valence-electron chi connectivity index (χ1n) is 8.96. The molecule has 0 aliphatic heterocycles. The van der Waals surface area contributed by atoms with E-state index in [0.717, 1.165) is 11.1 Å². The second-order valence-corrected chi connectivity index (χ2v) is 5.79. The van der Waals surface area contributed by atoms with E-state index in [1.807, 2.05) is 50.2 Å². The molecule has 0 aliphatic carbocycles. The molecule has 0 aliphatic rings. The van der Waals surface area contributed by atoms with Crippen molar-refractivity contribution < 1.29 is 19.0 Å². The number of nitrogens with two attached hydrogens (primary N) is 1. The van der Waals surface area contributed by atoms with Gasteiger partial charge >= 0.3 is 5.97 Å². The van der Waals surface area contributed by atoms with Gasteiger partial charge in [0.15, 0.2) is 6.29 Å². The zero-order valence-electron chi connectivity index (χ0n) is 15.4. The third-order valence-electron chi connectivity index (χ3n) is 4.02. The highest BCUT2D eigenvalue weighted by molar-refractivity contribution is 5.74. The smallest absolute Gasteiger partial charge is 0.325 e. The van der Waals surface area contributed by atoms with E-state index in [1.165, 1.54) is 0 Å². The van der Waals surface area contributed by atoms with E-state index in [9.17, 15) is 4.79 Å². The van der Waals surface area contributed by atoms with Crippen LogP contribution in [0.3, 0.4) is 0 Å². The number of carbonyl (C=O) groups excluding carboxylic acids is 1. The molecule has 140 valence electrons. The van der Waals surface area contributed by atoms with Crippen molar-refractivity contribution in [3.8, 4) is 5.75 Å². The molecular formula is C21H27NO4. The molecule has 0 saturated heterocycles. The van der Waals surface area contributed by atoms with Crippen molar-refractivity contribution in [2.75, 3.05) is 19.8 Å². The van der Waals surface area contributed by atoms with Crippen LogP contribution >= 0.6 is 0 Å². The molecule has 0 spiro atoms. The summed E-state index contributed by atoms with van der Waals surface area (Å²) in [5.74, 6) is 0.0318. The molecule has 5 heteroatoms. The molecular weight excluding hydrogens is 330 g/mol. The van der Waals surface area contributed by atoms with E-state index in [4.69, 9.17) is 19.9 Å². The van der Waals surface area contributed by atoms with Gasteiger partial charge in [0.2, 0.25) is 0 Å². The molecule has 2 aromatic rings. The van der Waals surface area contributed by atoms with Crippen LogP contribution in [0.5, 0.6) is 5.75 Å². The van der Waals surface area contributed by atoms with Gasteiger partial charge in [0.05, 0.1) is 6.54 Å². The van der Waals surface area contributed by atoms with Crippen LogP contribution < -0.4 is 10.5 Å². The minimum atomic E-state index is -0.458. The maximum Gasteiger partial charge on any atom is 0.325 e. The maximum atomic E-state index is 11.6. The fourth-order valence-corrected chi connectivity index (χ4v) is 2.85. The first-order valence-corrected chi connectivity index (χ1v) is 8.96. The van der Waals surface area contributed by atoms with Crippen LogP contribution in [-0.4, -0.2) is 32.0 Å². The average Bonchev–Trinajstić information content (AvgIpc) is 2.67. The molecule has 0 saturated carbocycles. The zero-order chi connectivity index (χ0) is 18.8. The normalized spacial score (nSPS) is 12.2. The number of ether oxygens (including phenoxy) is 3. The van der Waals surface area contributed by atoms with Crippen molar-refractivity contribution >= 4 is 5.97 Å². The van der Waals surface area contributed by atoms with Gasteiger partial charge in [0.25, 0.3) is 0 Å². The van der Waals surface area contributed by atoms with Crippen LogP contribution in [0.4, 0.5) is 0 Å². The predicted molar refractivity (Wildman–Crippen MR) is 101 cm³/mol. The van der Waals surface area contributed by atoms with Gasteiger partial charge in [-0.2, -0.15) is 0 Å². The fraction of sp³-hybridized carbons (Fsp3) is 0.381. The Hall–Kier alpha value is -2.21. The fourth-order valence-electron chi connectivity index (χ4n) is 2.85. The van der Waals surface area contributed by atoms with Crippen LogP contribution in [0.2, 0.25) is 0 Å². The van der Waals surface area contributed by atoms with Gasteiger partial charge in [-0.05, 0) is 37.5 Å². The lowest BCUT2D eigenvalue weighted by molar-refractivity contribution is -0.150. The summed E-state index contributed by atoms with van der Waals surface area (Å²) in [7, 11) is 0. The minimum Gasteiger partial charge on any atom is -0.425 e. The van der Waals surface area contributed by atoms with E-state index in [1.54, 1.807) is 6.07 Å². The molecule has 0 bridgehead atoms. The topological polar surface area (TPSA) is 70.8 Å². The lowest BCUT2D eigenvalue weighted by Crippen LogP contribution is -2.28. The van der Waals surface area contributed by atoms with Crippen molar-refractivity contribution in [3.05, 3.63) is 65.7 Å². The Bertz CT molecular complexity index is 669. The number of esters is 1.